The lowest BCUT2D eigenvalue weighted by Crippen LogP contribution is -2.56. The summed E-state index contributed by atoms with van der Waals surface area (Å²) >= 11 is 0. The van der Waals surface area contributed by atoms with Gasteiger partial charge in [0.1, 0.15) is 34.1 Å². The summed E-state index contributed by atoms with van der Waals surface area (Å²) in [7, 11) is -2.70. The van der Waals surface area contributed by atoms with Crippen molar-refractivity contribution in [2.75, 3.05) is 25.5 Å². The average Bonchev–Trinajstić information content (AvgIpc) is 3.67. The monoisotopic (exact) mass is 723 g/mol. The summed E-state index contributed by atoms with van der Waals surface area (Å²) in [4.78, 5) is 47.2. The van der Waals surface area contributed by atoms with Crippen molar-refractivity contribution in [3.05, 3.63) is 91.0 Å². The second-order valence-corrected chi connectivity index (χ2v) is 15.1. The largest absolute Gasteiger partial charge is 0.497 e. The first kappa shape index (κ1) is 35.0. The zero-order valence-electron chi connectivity index (χ0n) is 29.0. The number of pyridine rings is 1. The van der Waals surface area contributed by atoms with Gasteiger partial charge >= 0.3 is 0 Å². The van der Waals surface area contributed by atoms with Crippen LogP contribution < -0.4 is 24.8 Å². The molecule has 0 bridgehead atoms. The Hall–Kier alpha value is -5.43. The van der Waals surface area contributed by atoms with E-state index in [4.69, 9.17) is 14.5 Å². The van der Waals surface area contributed by atoms with E-state index in [0.29, 0.717) is 34.9 Å². The summed E-state index contributed by atoms with van der Waals surface area (Å²) in [5, 5.41) is 6.80. The van der Waals surface area contributed by atoms with Crippen LogP contribution in [-0.4, -0.2) is 73.9 Å². The Bertz CT molecular complexity index is 2160. The van der Waals surface area contributed by atoms with Crippen LogP contribution in [0.1, 0.15) is 39.0 Å². The molecule has 0 radical (unpaired) electrons. The van der Waals surface area contributed by atoms with Crippen molar-refractivity contribution >= 4 is 44.3 Å². The quantitative estimate of drug-likeness (QED) is 0.238. The number of hydrogen-bond donors (Lipinski definition) is 3. The Morgan fingerprint density at radius 2 is 1.81 bits per heavy atom. The average molecular weight is 724 g/mol. The molecule has 1 aromatic heterocycles. The minimum atomic E-state index is -4.29. The summed E-state index contributed by atoms with van der Waals surface area (Å²) < 4.78 is 41.3. The molecule has 270 valence electrons. The predicted octanol–water partition coefficient (Wildman–Crippen LogP) is 4.81. The van der Waals surface area contributed by atoms with Gasteiger partial charge in [0, 0.05) is 48.9 Å². The molecule has 3 N–H and O–H groups in total. The topological polar surface area (TPSA) is 156 Å². The fraction of sp³-hybridized carbons (Fsp3) is 0.333. The maximum absolute atomic E-state index is 14.1. The first-order chi connectivity index (χ1) is 25.1. The number of para-hydroxylation sites is 1. The summed E-state index contributed by atoms with van der Waals surface area (Å²) in [6, 6.07) is 22.5. The molecule has 52 heavy (non-hydrogen) atoms. The lowest BCUT2D eigenvalue weighted by atomic mass is 10.1. The third-order valence-corrected chi connectivity index (χ3v) is 11.4. The number of allylic oxidation sites excluding steroid dienone is 1. The van der Waals surface area contributed by atoms with Gasteiger partial charge in [-0.1, -0.05) is 54.6 Å². The molecule has 4 atom stereocenters. The number of fused-ring (bicyclic) bond motifs is 3. The highest BCUT2D eigenvalue weighted by molar-refractivity contribution is 7.90. The van der Waals surface area contributed by atoms with Crippen molar-refractivity contribution in [3.8, 4) is 22.8 Å². The summed E-state index contributed by atoms with van der Waals surface area (Å²) in [5.74, 6) is -0.944. The number of amides is 3. The van der Waals surface area contributed by atoms with Crippen LogP contribution in [0.5, 0.6) is 11.5 Å². The number of hydrogen-bond acceptors (Lipinski definition) is 9. The van der Waals surface area contributed by atoms with Gasteiger partial charge in [0.15, 0.2) is 0 Å². The SMILES string of the molecule is COc1ccc2c(O[C@@H]3C[C@@H](C(=O)N[C@]45C[C@H]4/C=C\CCCCNc4ccccc4S(=O)(=O)NC5=O)N(C(C)=O)C3)cc(-c3ccccc3)nc2c1. The van der Waals surface area contributed by atoms with Crippen molar-refractivity contribution in [1.82, 2.24) is 19.9 Å². The zero-order valence-corrected chi connectivity index (χ0v) is 29.8. The number of aromatic nitrogens is 1. The maximum atomic E-state index is 14.1. The molecular formula is C39H41N5O7S. The van der Waals surface area contributed by atoms with Gasteiger partial charge in [0.05, 0.1) is 30.6 Å². The summed E-state index contributed by atoms with van der Waals surface area (Å²) in [6.45, 7) is 2.10. The number of carbonyl (C=O) groups is 3. The van der Waals surface area contributed by atoms with Crippen molar-refractivity contribution in [2.45, 2.75) is 61.6 Å². The molecule has 1 saturated heterocycles. The second kappa shape index (κ2) is 14.3. The molecule has 0 unspecified atom stereocenters. The normalized spacial score (nSPS) is 24.6. The lowest BCUT2D eigenvalue weighted by molar-refractivity contribution is -0.138. The number of benzene rings is 3. The fourth-order valence-corrected chi connectivity index (χ4v) is 8.31. The van der Waals surface area contributed by atoms with Crippen molar-refractivity contribution in [1.29, 1.82) is 0 Å². The van der Waals surface area contributed by atoms with Crippen LogP contribution >= 0.6 is 0 Å². The molecule has 13 heteroatoms. The third kappa shape index (κ3) is 7.05. The molecule has 3 amide bonds. The van der Waals surface area contributed by atoms with E-state index in [2.05, 4.69) is 15.4 Å². The van der Waals surface area contributed by atoms with Gasteiger partial charge in [0.2, 0.25) is 11.8 Å². The van der Waals surface area contributed by atoms with Crippen LogP contribution in [0.2, 0.25) is 0 Å². The van der Waals surface area contributed by atoms with Crippen LogP contribution in [0, 0.1) is 5.92 Å². The molecule has 3 heterocycles. The van der Waals surface area contributed by atoms with Gasteiger partial charge in [0.25, 0.3) is 15.9 Å². The van der Waals surface area contributed by atoms with Crippen molar-refractivity contribution < 1.29 is 32.3 Å². The van der Waals surface area contributed by atoms with Crippen molar-refractivity contribution in [3.63, 3.8) is 0 Å². The number of nitrogens with one attached hydrogen (secondary N) is 3. The number of nitrogens with zero attached hydrogens (tertiary/aromatic N) is 2. The van der Waals surface area contributed by atoms with Gasteiger partial charge in [-0.3, -0.25) is 14.4 Å². The number of rotatable bonds is 6. The van der Waals surface area contributed by atoms with Gasteiger partial charge < -0.3 is 25.0 Å². The molecule has 3 aliphatic rings. The summed E-state index contributed by atoms with van der Waals surface area (Å²) in [6.07, 6.45) is 6.11. The van der Waals surface area contributed by atoms with E-state index < -0.39 is 45.4 Å². The smallest absolute Gasteiger partial charge is 0.266 e. The van der Waals surface area contributed by atoms with Crippen LogP contribution in [0.25, 0.3) is 22.2 Å². The molecule has 0 spiro atoms. The van der Waals surface area contributed by atoms with Crippen LogP contribution in [0.3, 0.4) is 0 Å². The molecule has 1 saturated carbocycles. The van der Waals surface area contributed by atoms with Crippen LogP contribution in [-0.2, 0) is 24.4 Å². The molecule has 2 aliphatic heterocycles. The fourth-order valence-electron chi connectivity index (χ4n) is 7.09. The Balaban J connectivity index is 1.15. The molecule has 12 nitrogen and oxygen atoms in total. The third-order valence-electron chi connectivity index (χ3n) is 9.96. The molecular weight excluding hydrogens is 683 g/mol. The van der Waals surface area contributed by atoms with E-state index in [9.17, 15) is 22.8 Å². The molecule has 7 rings (SSSR count). The number of sulfonamides is 1. The van der Waals surface area contributed by atoms with Gasteiger partial charge in [-0.25, -0.2) is 18.1 Å². The van der Waals surface area contributed by atoms with Crippen molar-refractivity contribution in [2.24, 2.45) is 5.92 Å². The Morgan fingerprint density at radius 1 is 1.02 bits per heavy atom. The van der Waals surface area contributed by atoms with Gasteiger partial charge in [-0.2, -0.15) is 0 Å². The first-order valence-electron chi connectivity index (χ1n) is 17.4. The number of methoxy groups -OCH3 is 1. The maximum Gasteiger partial charge on any atom is 0.266 e. The number of anilines is 1. The Morgan fingerprint density at radius 3 is 2.60 bits per heavy atom. The first-order valence-corrected chi connectivity index (χ1v) is 18.9. The number of ether oxygens (including phenoxy) is 2. The standard InChI is InChI=1S/C39H41N5O7S/c1-25(45)44-24-29(51-35-22-32(26-12-6-5-7-13-26)41-33-20-28(50-2)17-18-30(33)35)21-34(44)37(46)42-39-23-27(39)14-8-3-4-11-19-40-31-15-9-10-16-36(31)52(48,49)43-38(39)47/h5-10,12-18,20,22,27,29,34,40H,3-4,11,19,21,23-24H2,1-2H3,(H,42,46)(H,43,47)/b14-8-/t27-,29-,34+,39-/m1/s1. The predicted molar refractivity (Wildman–Crippen MR) is 196 cm³/mol. The Kier molecular flexibility index (Phi) is 9.62. The van der Waals surface area contributed by atoms with E-state index >= 15 is 0 Å². The van der Waals surface area contributed by atoms with E-state index in [1.807, 2.05) is 66.7 Å². The highest BCUT2D eigenvalue weighted by Crippen LogP contribution is 2.46. The highest BCUT2D eigenvalue weighted by Gasteiger charge is 2.61. The Labute approximate surface area is 302 Å². The van der Waals surface area contributed by atoms with Crippen LogP contribution in [0.15, 0.2) is 95.9 Å². The molecule has 4 aromatic rings. The lowest BCUT2D eigenvalue weighted by Gasteiger charge is -2.25. The van der Waals surface area contributed by atoms with E-state index in [1.165, 1.54) is 17.9 Å². The highest BCUT2D eigenvalue weighted by atomic mass is 32.2. The van der Waals surface area contributed by atoms with Gasteiger partial charge in [-0.15, -0.1) is 0 Å². The van der Waals surface area contributed by atoms with E-state index in [0.717, 1.165) is 30.2 Å². The number of carbonyl (C=O) groups excluding carboxylic acids is 3. The minimum absolute atomic E-state index is 0.0503. The minimum Gasteiger partial charge on any atom is -0.497 e. The molecule has 3 aromatic carbocycles. The second-order valence-electron chi connectivity index (χ2n) is 13.5. The number of likely N-dealkylation sites (tertiary alicyclic amines) is 1. The van der Waals surface area contributed by atoms with Gasteiger partial charge in [-0.05, 0) is 49.9 Å². The summed E-state index contributed by atoms with van der Waals surface area (Å²) in [5.41, 5.74) is 1.13. The molecule has 1 aliphatic carbocycles. The zero-order chi connectivity index (χ0) is 36.5. The molecule has 2 fully saturated rings. The van der Waals surface area contributed by atoms with E-state index in [1.54, 1.807) is 25.3 Å². The van der Waals surface area contributed by atoms with E-state index in [-0.39, 0.29) is 30.2 Å². The van der Waals surface area contributed by atoms with Crippen LogP contribution in [0.4, 0.5) is 5.69 Å².